The second-order valence-electron chi connectivity index (χ2n) is 7.01. The minimum Gasteiger partial charge on any atom is -0.380 e. The van der Waals surface area contributed by atoms with Crippen molar-refractivity contribution in [3.63, 3.8) is 0 Å². The minimum absolute atomic E-state index is 0.349. The SMILES string of the molecule is CC1(CCc2ccc3c(Nc4ccc(Cl)nc4)nccc3c2)COC1. The molecule has 1 fully saturated rings. The second kappa shape index (κ2) is 6.62. The number of fused-ring (bicyclic) bond motifs is 1. The molecule has 0 saturated carbocycles. The molecule has 1 aromatic carbocycles. The molecule has 3 aromatic rings. The average molecular weight is 354 g/mol. The van der Waals surface area contributed by atoms with Crippen molar-refractivity contribution in [1.82, 2.24) is 9.97 Å². The number of benzene rings is 1. The molecule has 4 rings (SSSR count). The molecule has 0 unspecified atom stereocenters. The number of hydrogen-bond acceptors (Lipinski definition) is 4. The molecule has 1 aliphatic rings. The van der Waals surface area contributed by atoms with E-state index in [1.807, 2.05) is 12.3 Å². The lowest BCUT2D eigenvalue weighted by Gasteiger charge is -2.38. The van der Waals surface area contributed by atoms with Crippen molar-refractivity contribution in [2.75, 3.05) is 18.5 Å². The summed E-state index contributed by atoms with van der Waals surface area (Å²) in [6.07, 6.45) is 5.77. The summed E-state index contributed by atoms with van der Waals surface area (Å²) in [4.78, 5) is 8.57. The maximum atomic E-state index is 5.84. The fourth-order valence-corrected chi connectivity index (χ4v) is 3.22. The smallest absolute Gasteiger partial charge is 0.138 e. The standard InChI is InChI=1S/C20H20ClN3O/c1-20(12-25-13-20)8-6-14-2-4-17-15(10-14)7-9-22-19(17)24-16-3-5-18(21)23-11-16/h2-5,7,9-11H,6,8,12-13H2,1H3,(H,22,24). The Morgan fingerprint density at radius 1 is 1.16 bits per heavy atom. The van der Waals surface area contributed by atoms with E-state index >= 15 is 0 Å². The summed E-state index contributed by atoms with van der Waals surface area (Å²) in [7, 11) is 0. The van der Waals surface area contributed by atoms with E-state index in [9.17, 15) is 0 Å². The summed E-state index contributed by atoms with van der Waals surface area (Å²) >= 11 is 5.84. The van der Waals surface area contributed by atoms with E-state index in [0.29, 0.717) is 10.6 Å². The number of pyridine rings is 2. The number of rotatable bonds is 5. The van der Waals surface area contributed by atoms with Crippen molar-refractivity contribution < 1.29 is 4.74 Å². The van der Waals surface area contributed by atoms with Gasteiger partial charge in [0.1, 0.15) is 11.0 Å². The molecule has 1 saturated heterocycles. The van der Waals surface area contributed by atoms with Gasteiger partial charge in [-0.05, 0) is 42.0 Å². The zero-order valence-electron chi connectivity index (χ0n) is 14.1. The third-order valence-electron chi connectivity index (χ3n) is 4.74. The Kier molecular flexibility index (Phi) is 4.32. The highest BCUT2D eigenvalue weighted by Gasteiger charge is 2.32. The van der Waals surface area contributed by atoms with E-state index in [1.165, 1.54) is 10.9 Å². The monoisotopic (exact) mass is 353 g/mol. The van der Waals surface area contributed by atoms with Gasteiger partial charge in [-0.3, -0.25) is 0 Å². The van der Waals surface area contributed by atoms with Gasteiger partial charge in [-0.25, -0.2) is 9.97 Å². The van der Waals surface area contributed by atoms with Crippen LogP contribution in [-0.4, -0.2) is 23.2 Å². The molecule has 4 nitrogen and oxygen atoms in total. The van der Waals surface area contributed by atoms with Gasteiger partial charge in [0.15, 0.2) is 0 Å². The first-order valence-corrected chi connectivity index (χ1v) is 8.83. The molecule has 3 heterocycles. The Labute approximate surface area is 152 Å². The highest BCUT2D eigenvalue weighted by atomic mass is 35.5. The van der Waals surface area contributed by atoms with Crippen molar-refractivity contribution in [3.05, 3.63) is 59.5 Å². The maximum absolute atomic E-state index is 5.84. The van der Waals surface area contributed by atoms with E-state index in [1.54, 1.807) is 12.3 Å². The zero-order valence-corrected chi connectivity index (χ0v) is 14.9. The largest absolute Gasteiger partial charge is 0.380 e. The number of aromatic nitrogens is 2. The van der Waals surface area contributed by atoms with Gasteiger partial charge in [-0.15, -0.1) is 0 Å². The predicted octanol–water partition coefficient (Wildman–Crippen LogP) is 5.00. The normalized spacial score (nSPS) is 15.8. The average Bonchev–Trinajstić information content (AvgIpc) is 2.60. The van der Waals surface area contributed by atoms with Crippen LogP contribution in [0.3, 0.4) is 0 Å². The summed E-state index contributed by atoms with van der Waals surface area (Å²) in [6.45, 7) is 4.06. The molecule has 0 amide bonds. The number of ether oxygens (including phenoxy) is 1. The van der Waals surface area contributed by atoms with Crippen LogP contribution < -0.4 is 5.32 Å². The van der Waals surface area contributed by atoms with Gasteiger partial charge in [0, 0.05) is 17.0 Å². The lowest BCUT2D eigenvalue weighted by molar-refractivity contribution is -0.105. The van der Waals surface area contributed by atoms with E-state index < -0.39 is 0 Å². The van der Waals surface area contributed by atoms with Crippen LogP contribution in [0.1, 0.15) is 18.9 Å². The van der Waals surface area contributed by atoms with Crippen LogP contribution in [0.5, 0.6) is 0 Å². The fraction of sp³-hybridized carbons (Fsp3) is 0.300. The number of nitrogens with one attached hydrogen (secondary N) is 1. The first-order chi connectivity index (χ1) is 12.1. The fourth-order valence-electron chi connectivity index (χ4n) is 3.11. The van der Waals surface area contributed by atoms with Crippen LogP contribution in [0.2, 0.25) is 5.15 Å². The van der Waals surface area contributed by atoms with Crippen LogP contribution in [0, 0.1) is 5.41 Å². The summed E-state index contributed by atoms with van der Waals surface area (Å²) in [5, 5.41) is 6.08. The number of hydrogen-bond donors (Lipinski definition) is 1. The van der Waals surface area contributed by atoms with Gasteiger partial charge in [-0.1, -0.05) is 36.7 Å². The summed E-state index contributed by atoms with van der Waals surface area (Å²) < 4.78 is 5.35. The molecule has 0 radical (unpaired) electrons. The van der Waals surface area contributed by atoms with Gasteiger partial charge in [0.25, 0.3) is 0 Å². The van der Waals surface area contributed by atoms with Gasteiger partial charge in [-0.2, -0.15) is 0 Å². The van der Waals surface area contributed by atoms with Crippen molar-refractivity contribution in [2.24, 2.45) is 5.41 Å². The van der Waals surface area contributed by atoms with Crippen LogP contribution >= 0.6 is 11.6 Å². The molecule has 2 aromatic heterocycles. The molecule has 1 N–H and O–H groups in total. The van der Waals surface area contributed by atoms with Gasteiger partial charge >= 0.3 is 0 Å². The van der Waals surface area contributed by atoms with Gasteiger partial charge in [0.2, 0.25) is 0 Å². The molecule has 0 aliphatic carbocycles. The Morgan fingerprint density at radius 2 is 2.04 bits per heavy atom. The molecule has 1 aliphatic heterocycles. The molecule has 0 atom stereocenters. The second-order valence-corrected chi connectivity index (χ2v) is 7.40. The molecule has 25 heavy (non-hydrogen) atoms. The number of halogens is 1. The molecular formula is C20H20ClN3O. The first kappa shape index (κ1) is 16.3. The molecular weight excluding hydrogens is 334 g/mol. The quantitative estimate of drug-likeness (QED) is 0.656. The Balaban J connectivity index is 1.55. The summed E-state index contributed by atoms with van der Waals surface area (Å²) in [5.41, 5.74) is 2.57. The highest BCUT2D eigenvalue weighted by molar-refractivity contribution is 6.29. The number of aryl methyl sites for hydroxylation is 1. The highest BCUT2D eigenvalue weighted by Crippen LogP contribution is 2.32. The Hall–Kier alpha value is -2.17. The lowest BCUT2D eigenvalue weighted by Crippen LogP contribution is -2.39. The van der Waals surface area contributed by atoms with Crippen molar-refractivity contribution in [2.45, 2.75) is 19.8 Å². The minimum atomic E-state index is 0.349. The third-order valence-corrected chi connectivity index (χ3v) is 4.96. The van der Waals surface area contributed by atoms with E-state index in [4.69, 9.17) is 16.3 Å². The molecule has 0 bridgehead atoms. The first-order valence-electron chi connectivity index (χ1n) is 8.45. The zero-order chi connectivity index (χ0) is 17.3. The third kappa shape index (κ3) is 3.60. The van der Waals surface area contributed by atoms with Gasteiger partial charge in [0.05, 0.1) is 25.1 Å². The lowest BCUT2D eigenvalue weighted by atomic mass is 9.82. The molecule has 128 valence electrons. The number of nitrogens with zero attached hydrogens (tertiary/aromatic N) is 2. The van der Waals surface area contributed by atoms with Crippen LogP contribution in [0.15, 0.2) is 48.8 Å². The van der Waals surface area contributed by atoms with Gasteiger partial charge < -0.3 is 10.1 Å². The van der Waals surface area contributed by atoms with Crippen molar-refractivity contribution in [3.8, 4) is 0 Å². The van der Waals surface area contributed by atoms with E-state index in [-0.39, 0.29) is 0 Å². The summed E-state index contributed by atoms with van der Waals surface area (Å²) in [6, 6.07) is 12.3. The number of anilines is 2. The van der Waals surface area contributed by atoms with Crippen LogP contribution in [0.4, 0.5) is 11.5 Å². The van der Waals surface area contributed by atoms with Crippen LogP contribution in [-0.2, 0) is 11.2 Å². The molecule has 0 spiro atoms. The summed E-state index contributed by atoms with van der Waals surface area (Å²) in [5.74, 6) is 0.826. The van der Waals surface area contributed by atoms with E-state index in [0.717, 1.165) is 42.9 Å². The Bertz CT molecular complexity index is 891. The Morgan fingerprint density at radius 3 is 2.76 bits per heavy atom. The van der Waals surface area contributed by atoms with Crippen molar-refractivity contribution >= 4 is 33.9 Å². The molecule has 5 heteroatoms. The van der Waals surface area contributed by atoms with Crippen LogP contribution in [0.25, 0.3) is 10.8 Å². The van der Waals surface area contributed by atoms with Crippen molar-refractivity contribution in [1.29, 1.82) is 0 Å². The predicted molar refractivity (Wildman–Crippen MR) is 102 cm³/mol. The van der Waals surface area contributed by atoms with E-state index in [2.05, 4.69) is 46.5 Å². The topological polar surface area (TPSA) is 47.0 Å². The maximum Gasteiger partial charge on any atom is 0.138 e.